The van der Waals surface area contributed by atoms with Crippen LogP contribution in [0.3, 0.4) is 0 Å². The summed E-state index contributed by atoms with van der Waals surface area (Å²) in [5.41, 5.74) is 2.46. The Kier molecular flexibility index (Phi) is 2.45. The molecular formula is C11H15NOS. The van der Waals surface area contributed by atoms with E-state index in [1.807, 2.05) is 14.1 Å². The summed E-state index contributed by atoms with van der Waals surface area (Å²) in [5.74, 6) is 0. The van der Waals surface area contributed by atoms with E-state index in [2.05, 4.69) is 41.8 Å². The molecule has 14 heavy (non-hydrogen) atoms. The fourth-order valence-corrected chi connectivity index (χ4v) is 1.86. The second-order valence-electron chi connectivity index (χ2n) is 3.97. The normalized spacial score (nSPS) is 18.8. The van der Waals surface area contributed by atoms with Crippen LogP contribution in [0.4, 0.5) is 5.69 Å². The summed E-state index contributed by atoms with van der Waals surface area (Å²) in [4.78, 5) is 2.09. The molecule has 76 valence electrons. The zero-order valence-corrected chi connectivity index (χ0v) is 9.42. The second kappa shape index (κ2) is 3.48. The lowest BCUT2D eigenvalue weighted by Gasteiger charge is -2.37. The monoisotopic (exact) mass is 209 g/mol. The SMILES string of the molecule is CN(C)c1ccc(C2(S)COC2)cc1. The Morgan fingerprint density at radius 2 is 1.79 bits per heavy atom. The molecule has 3 heteroatoms. The molecule has 0 aromatic heterocycles. The van der Waals surface area contributed by atoms with Gasteiger partial charge in [0.1, 0.15) is 0 Å². The number of nitrogens with zero attached hydrogens (tertiary/aromatic N) is 1. The summed E-state index contributed by atoms with van der Waals surface area (Å²) in [5, 5.41) is 0. The highest BCUT2D eigenvalue weighted by Gasteiger charge is 2.36. The molecule has 2 nitrogen and oxygen atoms in total. The lowest BCUT2D eigenvalue weighted by molar-refractivity contribution is -0.00968. The van der Waals surface area contributed by atoms with Gasteiger partial charge in [-0.1, -0.05) is 12.1 Å². The van der Waals surface area contributed by atoms with E-state index >= 15 is 0 Å². The van der Waals surface area contributed by atoms with E-state index in [1.54, 1.807) is 0 Å². The van der Waals surface area contributed by atoms with Crippen LogP contribution in [0, 0.1) is 0 Å². The Balaban J connectivity index is 2.21. The van der Waals surface area contributed by atoms with Gasteiger partial charge in [0.05, 0.1) is 18.0 Å². The van der Waals surface area contributed by atoms with Crippen molar-refractivity contribution in [3.63, 3.8) is 0 Å². The highest BCUT2D eigenvalue weighted by Crippen LogP contribution is 2.36. The van der Waals surface area contributed by atoms with E-state index in [9.17, 15) is 0 Å². The predicted octanol–water partition coefficient (Wildman–Crippen LogP) is 1.91. The molecule has 0 atom stereocenters. The molecule has 0 radical (unpaired) electrons. The molecule has 0 amide bonds. The highest BCUT2D eigenvalue weighted by molar-refractivity contribution is 7.81. The minimum atomic E-state index is -0.0508. The Hall–Kier alpha value is -0.670. The van der Waals surface area contributed by atoms with Crippen LogP contribution >= 0.6 is 12.6 Å². The molecule has 1 saturated heterocycles. The molecule has 0 unspecified atom stereocenters. The van der Waals surface area contributed by atoms with Gasteiger partial charge >= 0.3 is 0 Å². The third kappa shape index (κ3) is 1.62. The van der Waals surface area contributed by atoms with Crippen LogP contribution in [0.5, 0.6) is 0 Å². The first-order valence-corrected chi connectivity index (χ1v) is 5.14. The van der Waals surface area contributed by atoms with Crippen LogP contribution in [0.1, 0.15) is 5.56 Å². The maximum Gasteiger partial charge on any atom is 0.0844 e. The first-order chi connectivity index (χ1) is 6.62. The average molecular weight is 209 g/mol. The Morgan fingerprint density at radius 3 is 2.14 bits per heavy atom. The lowest BCUT2D eigenvalue weighted by Crippen LogP contribution is -2.41. The van der Waals surface area contributed by atoms with Crippen molar-refractivity contribution in [1.82, 2.24) is 0 Å². The van der Waals surface area contributed by atoms with Gasteiger partial charge in [0.2, 0.25) is 0 Å². The van der Waals surface area contributed by atoms with Crippen molar-refractivity contribution >= 4 is 18.3 Å². The van der Waals surface area contributed by atoms with Crippen LogP contribution < -0.4 is 4.90 Å². The molecule has 1 heterocycles. The summed E-state index contributed by atoms with van der Waals surface area (Å²) < 4.78 is 5.13. The van der Waals surface area contributed by atoms with E-state index in [4.69, 9.17) is 4.74 Å². The van der Waals surface area contributed by atoms with E-state index in [0.717, 1.165) is 13.2 Å². The maximum absolute atomic E-state index is 5.18. The smallest absolute Gasteiger partial charge is 0.0844 e. The summed E-state index contributed by atoms with van der Waals surface area (Å²) in [6.45, 7) is 1.44. The van der Waals surface area contributed by atoms with Gasteiger partial charge in [0, 0.05) is 19.8 Å². The van der Waals surface area contributed by atoms with Crippen LogP contribution in [0.25, 0.3) is 0 Å². The molecule has 0 N–H and O–H groups in total. The number of rotatable bonds is 2. The summed E-state index contributed by atoms with van der Waals surface area (Å²) >= 11 is 4.61. The maximum atomic E-state index is 5.18. The molecule has 1 fully saturated rings. The van der Waals surface area contributed by atoms with Gasteiger partial charge < -0.3 is 9.64 Å². The van der Waals surface area contributed by atoms with Gasteiger partial charge in [-0.05, 0) is 17.7 Å². The van der Waals surface area contributed by atoms with Crippen molar-refractivity contribution in [2.45, 2.75) is 4.75 Å². The van der Waals surface area contributed by atoms with E-state index < -0.39 is 0 Å². The summed E-state index contributed by atoms with van der Waals surface area (Å²) in [7, 11) is 4.08. The quantitative estimate of drug-likeness (QED) is 0.747. The minimum Gasteiger partial charge on any atom is -0.378 e. The second-order valence-corrected chi connectivity index (χ2v) is 4.82. The highest BCUT2D eigenvalue weighted by atomic mass is 32.1. The van der Waals surface area contributed by atoms with Crippen molar-refractivity contribution in [2.24, 2.45) is 0 Å². The zero-order valence-electron chi connectivity index (χ0n) is 8.53. The predicted molar refractivity (Wildman–Crippen MR) is 62.3 cm³/mol. The number of hydrogen-bond donors (Lipinski definition) is 1. The third-order valence-electron chi connectivity index (χ3n) is 2.60. The van der Waals surface area contributed by atoms with Crippen molar-refractivity contribution in [1.29, 1.82) is 0 Å². The standard InChI is InChI=1S/C11H15NOS/c1-12(2)10-5-3-9(4-6-10)11(14)7-13-8-11/h3-6,14H,7-8H2,1-2H3. The van der Waals surface area contributed by atoms with Gasteiger partial charge in [0.15, 0.2) is 0 Å². The van der Waals surface area contributed by atoms with Gasteiger partial charge in [-0.15, -0.1) is 0 Å². The summed E-state index contributed by atoms with van der Waals surface area (Å²) in [6.07, 6.45) is 0. The Labute approximate surface area is 90.3 Å². The molecule has 2 rings (SSSR count). The zero-order chi connectivity index (χ0) is 10.2. The fourth-order valence-electron chi connectivity index (χ4n) is 1.53. The third-order valence-corrected chi connectivity index (χ3v) is 3.12. The average Bonchev–Trinajstić information content (AvgIpc) is 2.14. The first-order valence-electron chi connectivity index (χ1n) is 4.70. The van der Waals surface area contributed by atoms with Gasteiger partial charge in [0.25, 0.3) is 0 Å². The molecule has 0 saturated carbocycles. The first kappa shape index (κ1) is 9.87. The van der Waals surface area contributed by atoms with Crippen molar-refractivity contribution in [3.8, 4) is 0 Å². The topological polar surface area (TPSA) is 12.5 Å². The molecule has 1 aromatic rings. The van der Waals surface area contributed by atoms with E-state index in [-0.39, 0.29) is 4.75 Å². The van der Waals surface area contributed by atoms with Crippen molar-refractivity contribution < 1.29 is 4.74 Å². The number of anilines is 1. The Bertz CT molecular complexity index is 317. The number of thiol groups is 1. The molecule has 1 aliphatic rings. The minimum absolute atomic E-state index is 0.0508. The molecule has 1 aliphatic heterocycles. The van der Waals surface area contributed by atoms with E-state index in [0.29, 0.717) is 0 Å². The van der Waals surface area contributed by atoms with Crippen molar-refractivity contribution in [3.05, 3.63) is 29.8 Å². The van der Waals surface area contributed by atoms with Crippen LogP contribution in [0.15, 0.2) is 24.3 Å². The van der Waals surface area contributed by atoms with Crippen LogP contribution in [-0.4, -0.2) is 27.3 Å². The van der Waals surface area contributed by atoms with Crippen molar-refractivity contribution in [2.75, 3.05) is 32.2 Å². The van der Waals surface area contributed by atoms with Crippen LogP contribution in [0.2, 0.25) is 0 Å². The largest absolute Gasteiger partial charge is 0.378 e. The fraction of sp³-hybridized carbons (Fsp3) is 0.455. The summed E-state index contributed by atoms with van der Waals surface area (Å²) in [6, 6.07) is 8.49. The Morgan fingerprint density at radius 1 is 1.21 bits per heavy atom. The van der Waals surface area contributed by atoms with E-state index in [1.165, 1.54) is 11.3 Å². The number of ether oxygens (including phenoxy) is 1. The van der Waals surface area contributed by atoms with Gasteiger partial charge in [-0.3, -0.25) is 0 Å². The van der Waals surface area contributed by atoms with Gasteiger partial charge in [-0.2, -0.15) is 12.6 Å². The molecule has 0 spiro atoms. The lowest BCUT2D eigenvalue weighted by atomic mass is 9.96. The van der Waals surface area contributed by atoms with Gasteiger partial charge in [-0.25, -0.2) is 0 Å². The molecular weight excluding hydrogens is 194 g/mol. The molecule has 0 bridgehead atoms. The molecule has 1 aromatic carbocycles. The number of benzene rings is 1. The van der Waals surface area contributed by atoms with Crippen LogP contribution in [-0.2, 0) is 9.48 Å². The molecule has 0 aliphatic carbocycles. The number of hydrogen-bond acceptors (Lipinski definition) is 3.